The third-order valence-corrected chi connectivity index (χ3v) is 6.88. The SMILES string of the molecule is CC(=O)N1CCCCC1C(=O)N1CCCC1C(=O)NC/C(C)=C/C=C/c1scnc1C. The molecule has 2 aliphatic heterocycles. The van der Waals surface area contributed by atoms with E-state index in [1.807, 2.05) is 37.6 Å². The second-order valence-corrected chi connectivity index (χ2v) is 9.19. The molecule has 0 aliphatic carbocycles. The first-order chi connectivity index (χ1) is 14.9. The standard InChI is InChI=1S/C23H32N4O3S/c1-16(8-6-11-21-17(2)25-15-31-21)14-24-22(29)19-10-7-13-27(19)23(30)20-9-4-5-12-26(20)18(3)28/h6,8,11,15,19-20H,4-5,7,9-10,12-14H2,1-3H3,(H,24,29)/b11-6+,16-8+. The zero-order valence-electron chi connectivity index (χ0n) is 18.6. The molecule has 2 fully saturated rings. The molecule has 7 nitrogen and oxygen atoms in total. The number of nitrogens with zero attached hydrogens (tertiary/aromatic N) is 3. The van der Waals surface area contributed by atoms with Crippen LogP contribution in [0.15, 0.2) is 23.2 Å². The van der Waals surface area contributed by atoms with Crippen LogP contribution in [-0.4, -0.2) is 64.2 Å². The lowest BCUT2D eigenvalue weighted by atomic mass is 10.0. The molecule has 3 amide bonds. The summed E-state index contributed by atoms with van der Waals surface area (Å²) in [6, 6.07) is -0.881. The van der Waals surface area contributed by atoms with E-state index >= 15 is 0 Å². The largest absolute Gasteiger partial charge is 0.351 e. The van der Waals surface area contributed by atoms with E-state index in [-0.39, 0.29) is 17.7 Å². The molecule has 0 aromatic carbocycles. The second kappa shape index (κ2) is 10.7. The van der Waals surface area contributed by atoms with Gasteiger partial charge in [0.2, 0.25) is 17.7 Å². The number of aromatic nitrogens is 1. The summed E-state index contributed by atoms with van der Waals surface area (Å²) < 4.78 is 0. The van der Waals surface area contributed by atoms with Crippen molar-refractivity contribution in [3.63, 3.8) is 0 Å². The lowest BCUT2D eigenvalue weighted by Gasteiger charge is -2.37. The van der Waals surface area contributed by atoms with Crippen molar-refractivity contribution in [1.29, 1.82) is 0 Å². The minimum absolute atomic E-state index is 0.0689. The van der Waals surface area contributed by atoms with Gasteiger partial charge in [0.15, 0.2) is 0 Å². The summed E-state index contributed by atoms with van der Waals surface area (Å²) in [5.41, 5.74) is 3.86. The molecule has 1 aromatic heterocycles. The summed E-state index contributed by atoms with van der Waals surface area (Å²) in [7, 11) is 0. The molecule has 3 rings (SSSR count). The highest BCUT2D eigenvalue weighted by atomic mass is 32.1. The van der Waals surface area contributed by atoms with Crippen molar-refractivity contribution < 1.29 is 14.4 Å². The lowest BCUT2D eigenvalue weighted by molar-refractivity contribution is -0.149. The maximum Gasteiger partial charge on any atom is 0.246 e. The van der Waals surface area contributed by atoms with Crippen molar-refractivity contribution in [2.75, 3.05) is 19.6 Å². The number of hydrogen-bond donors (Lipinski definition) is 1. The van der Waals surface area contributed by atoms with Gasteiger partial charge < -0.3 is 15.1 Å². The quantitative estimate of drug-likeness (QED) is 0.684. The smallest absolute Gasteiger partial charge is 0.246 e. The van der Waals surface area contributed by atoms with Crippen molar-refractivity contribution in [2.45, 2.75) is 65.0 Å². The zero-order valence-corrected chi connectivity index (χ0v) is 19.4. The predicted octanol–water partition coefficient (Wildman–Crippen LogP) is 2.92. The van der Waals surface area contributed by atoms with E-state index in [9.17, 15) is 14.4 Å². The maximum atomic E-state index is 13.2. The average Bonchev–Trinajstić information content (AvgIpc) is 3.41. The van der Waals surface area contributed by atoms with Gasteiger partial charge in [0.25, 0.3) is 0 Å². The first-order valence-corrected chi connectivity index (χ1v) is 11.9. The number of carbonyl (C=O) groups is 3. The van der Waals surface area contributed by atoms with Gasteiger partial charge in [-0.05, 0) is 52.0 Å². The summed E-state index contributed by atoms with van der Waals surface area (Å²) in [6.07, 6.45) is 9.97. The van der Waals surface area contributed by atoms with Crippen LogP contribution in [0.5, 0.6) is 0 Å². The summed E-state index contributed by atoms with van der Waals surface area (Å²) >= 11 is 1.59. The van der Waals surface area contributed by atoms with Crippen LogP contribution in [0.2, 0.25) is 0 Å². The molecule has 3 heterocycles. The van der Waals surface area contributed by atoms with Crippen LogP contribution in [0.1, 0.15) is 56.5 Å². The van der Waals surface area contributed by atoms with Crippen LogP contribution < -0.4 is 5.32 Å². The van der Waals surface area contributed by atoms with E-state index in [1.165, 1.54) is 6.92 Å². The van der Waals surface area contributed by atoms with E-state index in [2.05, 4.69) is 10.3 Å². The van der Waals surface area contributed by atoms with Crippen molar-refractivity contribution >= 4 is 35.1 Å². The van der Waals surface area contributed by atoms with E-state index in [0.717, 1.165) is 35.4 Å². The molecular weight excluding hydrogens is 412 g/mol. The molecule has 0 radical (unpaired) electrons. The van der Waals surface area contributed by atoms with Crippen LogP contribution in [-0.2, 0) is 14.4 Å². The Hall–Kier alpha value is -2.48. The van der Waals surface area contributed by atoms with Gasteiger partial charge in [-0.3, -0.25) is 14.4 Å². The normalized spacial score (nSPS) is 22.2. The Morgan fingerprint density at radius 1 is 1.13 bits per heavy atom. The van der Waals surface area contributed by atoms with Crippen molar-refractivity contribution in [1.82, 2.24) is 20.1 Å². The average molecular weight is 445 g/mol. The van der Waals surface area contributed by atoms with Gasteiger partial charge in [-0.2, -0.15) is 0 Å². The highest BCUT2D eigenvalue weighted by Crippen LogP contribution is 2.24. The molecule has 2 atom stereocenters. The van der Waals surface area contributed by atoms with Gasteiger partial charge in [0.1, 0.15) is 12.1 Å². The Labute approximate surface area is 188 Å². The number of allylic oxidation sites excluding steroid dienone is 2. The first kappa shape index (κ1) is 23.2. The fourth-order valence-corrected chi connectivity index (χ4v) is 4.94. The van der Waals surface area contributed by atoms with E-state index < -0.39 is 12.1 Å². The van der Waals surface area contributed by atoms with Gasteiger partial charge in [-0.1, -0.05) is 17.7 Å². The van der Waals surface area contributed by atoms with Gasteiger partial charge in [0, 0.05) is 31.4 Å². The highest BCUT2D eigenvalue weighted by Gasteiger charge is 2.40. The topological polar surface area (TPSA) is 82.6 Å². The third kappa shape index (κ3) is 5.81. The Kier molecular flexibility index (Phi) is 8.01. The Morgan fingerprint density at radius 3 is 2.58 bits per heavy atom. The summed E-state index contributed by atoms with van der Waals surface area (Å²) in [6.45, 7) is 7.09. The zero-order chi connectivity index (χ0) is 22.4. The van der Waals surface area contributed by atoms with Crippen LogP contribution in [0.4, 0.5) is 0 Å². The number of carbonyl (C=O) groups excluding carboxylic acids is 3. The number of rotatable bonds is 6. The van der Waals surface area contributed by atoms with Gasteiger partial charge in [-0.25, -0.2) is 4.98 Å². The molecular formula is C23H32N4O3S. The number of piperidine rings is 1. The van der Waals surface area contributed by atoms with Crippen molar-refractivity contribution in [3.8, 4) is 0 Å². The predicted molar refractivity (Wildman–Crippen MR) is 122 cm³/mol. The van der Waals surface area contributed by atoms with Crippen molar-refractivity contribution in [3.05, 3.63) is 33.8 Å². The molecule has 2 unspecified atom stereocenters. The molecule has 31 heavy (non-hydrogen) atoms. The molecule has 168 valence electrons. The second-order valence-electron chi connectivity index (χ2n) is 8.31. The maximum absolute atomic E-state index is 13.2. The molecule has 0 spiro atoms. The van der Waals surface area contributed by atoms with E-state index in [4.69, 9.17) is 0 Å². The minimum Gasteiger partial charge on any atom is -0.351 e. The lowest BCUT2D eigenvalue weighted by Crippen LogP contribution is -2.55. The van der Waals surface area contributed by atoms with Crippen LogP contribution in [0.3, 0.4) is 0 Å². The Bertz CT molecular complexity index is 876. The number of aryl methyl sites for hydroxylation is 1. The molecule has 1 N–H and O–H groups in total. The number of thiazole rings is 1. The van der Waals surface area contributed by atoms with E-state index in [0.29, 0.717) is 32.5 Å². The van der Waals surface area contributed by atoms with Crippen LogP contribution in [0, 0.1) is 6.92 Å². The Balaban J connectivity index is 1.56. The van der Waals surface area contributed by atoms with Crippen LogP contribution in [0.25, 0.3) is 6.08 Å². The fraction of sp³-hybridized carbons (Fsp3) is 0.565. The molecule has 0 bridgehead atoms. The number of likely N-dealkylation sites (tertiary alicyclic amines) is 2. The number of nitrogens with one attached hydrogen (secondary N) is 1. The molecule has 8 heteroatoms. The third-order valence-electron chi connectivity index (χ3n) is 5.98. The summed E-state index contributed by atoms with van der Waals surface area (Å²) in [5, 5.41) is 2.98. The highest BCUT2D eigenvalue weighted by molar-refractivity contribution is 7.10. The first-order valence-electron chi connectivity index (χ1n) is 11.0. The Morgan fingerprint density at radius 2 is 1.87 bits per heavy atom. The van der Waals surface area contributed by atoms with Crippen molar-refractivity contribution in [2.24, 2.45) is 0 Å². The van der Waals surface area contributed by atoms with Gasteiger partial charge in [0.05, 0.1) is 11.2 Å². The number of hydrogen-bond acceptors (Lipinski definition) is 5. The molecule has 0 saturated carbocycles. The van der Waals surface area contributed by atoms with E-state index in [1.54, 1.807) is 21.1 Å². The fourth-order valence-electron chi connectivity index (χ4n) is 4.23. The van der Waals surface area contributed by atoms with Gasteiger partial charge in [-0.15, -0.1) is 11.3 Å². The molecule has 2 aliphatic rings. The summed E-state index contributed by atoms with van der Waals surface area (Å²) in [4.78, 5) is 46.7. The number of amides is 3. The van der Waals surface area contributed by atoms with Gasteiger partial charge >= 0.3 is 0 Å². The molecule has 2 saturated heterocycles. The molecule has 1 aromatic rings. The summed E-state index contributed by atoms with van der Waals surface area (Å²) in [5.74, 6) is -0.269. The van der Waals surface area contributed by atoms with Crippen LogP contribution >= 0.6 is 11.3 Å². The monoisotopic (exact) mass is 444 g/mol. The minimum atomic E-state index is -0.452.